The summed E-state index contributed by atoms with van der Waals surface area (Å²) in [6.07, 6.45) is 12.7. The molecule has 0 aliphatic carbocycles. The topological polar surface area (TPSA) is 130 Å². The summed E-state index contributed by atoms with van der Waals surface area (Å²) in [6, 6.07) is 7.65. The minimum Gasteiger partial charge on any atom is -0.493 e. The third-order valence-electron chi connectivity index (χ3n) is 9.70. The van der Waals surface area contributed by atoms with Crippen LogP contribution >= 0.6 is 0 Å². The number of hydrogen-bond acceptors (Lipinski definition) is 9. The highest BCUT2D eigenvalue weighted by Crippen LogP contribution is 2.39. The molecular formula is C39H48N4O7Si. The minimum absolute atomic E-state index is 0.0504. The fourth-order valence-electron chi connectivity index (χ4n) is 6.91. The van der Waals surface area contributed by atoms with Gasteiger partial charge in [-0.05, 0) is 76.4 Å². The van der Waals surface area contributed by atoms with Gasteiger partial charge < -0.3 is 28.8 Å². The second-order valence-corrected chi connectivity index (χ2v) is 18.7. The van der Waals surface area contributed by atoms with Gasteiger partial charge in [0.1, 0.15) is 11.5 Å². The van der Waals surface area contributed by atoms with Gasteiger partial charge in [-0.1, -0.05) is 17.6 Å². The van der Waals surface area contributed by atoms with Crippen LogP contribution in [0.15, 0.2) is 57.8 Å². The molecular weight excluding hydrogens is 665 g/mol. The number of carbonyl (C=O) groups excluding carboxylic acids is 3. The summed E-state index contributed by atoms with van der Waals surface area (Å²) in [6.45, 7) is 8.52. The molecule has 0 saturated heterocycles. The monoisotopic (exact) mass is 712 g/mol. The lowest BCUT2D eigenvalue weighted by Crippen LogP contribution is -2.32. The van der Waals surface area contributed by atoms with Gasteiger partial charge in [0.15, 0.2) is 19.8 Å². The highest BCUT2D eigenvalue weighted by Gasteiger charge is 2.34. The molecule has 2 aromatic rings. The second-order valence-electron chi connectivity index (χ2n) is 14.6. The largest absolute Gasteiger partial charge is 0.493 e. The van der Waals surface area contributed by atoms with Gasteiger partial charge in [0.25, 0.3) is 11.8 Å². The third-order valence-corrected chi connectivity index (χ3v) is 11.3. The lowest BCUT2D eigenvalue weighted by molar-refractivity contribution is -0.119. The average molecular weight is 713 g/mol. The summed E-state index contributed by atoms with van der Waals surface area (Å²) in [5.41, 5.74) is 5.20. The summed E-state index contributed by atoms with van der Waals surface area (Å²) in [7, 11) is -0.526. The molecule has 0 saturated carbocycles. The van der Waals surface area contributed by atoms with Gasteiger partial charge >= 0.3 is 0 Å². The number of ketones is 1. The molecule has 4 heterocycles. The number of ether oxygens (including phenoxy) is 3. The van der Waals surface area contributed by atoms with Gasteiger partial charge in [-0.15, -0.1) is 0 Å². The van der Waals surface area contributed by atoms with E-state index in [0.29, 0.717) is 85.1 Å². The third kappa shape index (κ3) is 8.50. The molecule has 4 aliphatic rings. The first-order valence-corrected chi connectivity index (χ1v) is 21.0. The summed E-state index contributed by atoms with van der Waals surface area (Å²) in [5, 5.41) is 0. The molecule has 0 unspecified atom stereocenters. The van der Waals surface area contributed by atoms with Crippen LogP contribution in [-0.4, -0.2) is 85.3 Å². The highest BCUT2D eigenvalue weighted by atomic mass is 28.4. The molecule has 2 atom stereocenters. The number of carbonyl (C=O) groups is 3. The van der Waals surface area contributed by atoms with Crippen LogP contribution in [-0.2, 0) is 4.79 Å². The van der Waals surface area contributed by atoms with Crippen LogP contribution in [0.5, 0.6) is 17.2 Å². The van der Waals surface area contributed by atoms with E-state index in [2.05, 4.69) is 9.98 Å². The number of hydrogen-bond donors (Lipinski definition) is 1. The predicted octanol–water partition coefficient (Wildman–Crippen LogP) is 7.22. The summed E-state index contributed by atoms with van der Waals surface area (Å²) >= 11 is 0. The van der Waals surface area contributed by atoms with Crippen LogP contribution in [0.1, 0.15) is 84.6 Å². The molecule has 4 aliphatic heterocycles. The van der Waals surface area contributed by atoms with E-state index < -0.39 is 8.32 Å². The Labute approximate surface area is 300 Å². The van der Waals surface area contributed by atoms with E-state index in [4.69, 9.17) is 14.2 Å². The van der Waals surface area contributed by atoms with Gasteiger partial charge in [0.2, 0.25) is 0 Å². The van der Waals surface area contributed by atoms with Crippen molar-refractivity contribution in [3.05, 3.63) is 64.5 Å². The number of aryl methyl sites for hydroxylation is 1. The molecule has 12 heteroatoms. The van der Waals surface area contributed by atoms with Crippen molar-refractivity contribution in [1.82, 2.24) is 9.80 Å². The van der Waals surface area contributed by atoms with Crippen molar-refractivity contribution < 1.29 is 33.4 Å². The molecule has 0 radical (unpaired) electrons. The van der Waals surface area contributed by atoms with E-state index >= 15 is 0 Å². The Kier molecular flexibility index (Phi) is 10.9. The number of nitrogens with zero attached hydrogens (tertiary/aromatic N) is 4. The maximum absolute atomic E-state index is 13.7. The van der Waals surface area contributed by atoms with Crippen molar-refractivity contribution in [2.75, 3.05) is 20.3 Å². The van der Waals surface area contributed by atoms with Crippen molar-refractivity contribution >= 4 is 49.7 Å². The molecule has 0 bridgehead atoms. The maximum Gasteiger partial charge on any atom is 0.260 e. The summed E-state index contributed by atoms with van der Waals surface area (Å²) in [4.78, 5) is 62.1. The fraction of sp³-hybridized carbons (Fsp3) is 0.462. The summed E-state index contributed by atoms with van der Waals surface area (Å²) in [5.74, 6) is 1.60. The number of fused-ring (bicyclic) bond motifs is 4. The van der Waals surface area contributed by atoms with Gasteiger partial charge in [0.05, 0.1) is 54.9 Å². The standard InChI is InChI=1S/C39H48N4O7Si/c1-25-15-28-21-40-33-19-35(26(2)16-31(33)38(45)42(28)23-25)49-12-8-13-50-37-20-34-32(18-36(37)48-3)39(46)43-24-27(17-29(43)22-41-34)10-11-30(44)9-6-7-14-51(4,5)47/h16,18-24,28-29,47H,6-15,17H2,1-5H3/t28-,29-/m0/s1. The first kappa shape index (κ1) is 36.2. The Hall–Kier alpha value is -4.55. The van der Waals surface area contributed by atoms with E-state index in [0.717, 1.165) is 42.0 Å². The van der Waals surface area contributed by atoms with Crippen LogP contribution in [0.4, 0.5) is 11.4 Å². The zero-order chi connectivity index (χ0) is 36.3. The highest BCUT2D eigenvalue weighted by molar-refractivity contribution is 6.69. The van der Waals surface area contributed by atoms with E-state index in [9.17, 15) is 19.2 Å². The molecule has 11 nitrogen and oxygen atoms in total. The zero-order valence-electron chi connectivity index (χ0n) is 30.2. The predicted molar refractivity (Wildman–Crippen MR) is 200 cm³/mol. The van der Waals surface area contributed by atoms with Crippen LogP contribution in [0.25, 0.3) is 0 Å². The number of Topliss-reactive ketones (excluding diaryl/α,β-unsaturated/α-hetero) is 1. The first-order chi connectivity index (χ1) is 24.4. The van der Waals surface area contributed by atoms with Crippen molar-refractivity contribution in [2.45, 2.75) is 96.4 Å². The van der Waals surface area contributed by atoms with Gasteiger partial charge in [0, 0.05) is 56.2 Å². The van der Waals surface area contributed by atoms with Crippen LogP contribution < -0.4 is 14.2 Å². The smallest absolute Gasteiger partial charge is 0.260 e. The molecule has 1 N–H and O–H groups in total. The van der Waals surface area contributed by atoms with Gasteiger partial charge in [-0.2, -0.15) is 0 Å². The minimum atomic E-state index is -2.07. The van der Waals surface area contributed by atoms with Crippen molar-refractivity contribution in [1.29, 1.82) is 0 Å². The molecule has 51 heavy (non-hydrogen) atoms. The van der Waals surface area contributed by atoms with Gasteiger partial charge in [-0.25, -0.2) is 0 Å². The van der Waals surface area contributed by atoms with E-state index in [1.165, 1.54) is 0 Å². The van der Waals surface area contributed by atoms with Crippen molar-refractivity contribution in [2.24, 2.45) is 9.98 Å². The number of amides is 2. The molecule has 0 fully saturated rings. The lowest BCUT2D eigenvalue weighted by Gasteiger charge is -2.19. The maximum atomic E-state index is 13.7. The molecule has 0 spiro atoms. The van der Waals surface area contributed by atoms with E-state index in [1.807, 2.05) is 57.7 Å². The Balaban J connectivity index is 1.01. The zero-order valence-corrected chi connectivity index (χ0v) is 31.2. The van der Waals surface area contributed by atoms with Crippen molar-refractivity contribution in [3.8, 4) is 17.2 Å². The Morgan fingerprint density at radius 2 is 1.45 bits per heavy atom. The number of rotatable bonds is 15. The quantitative estimate of drug-likeness (QED) is 0.153. The van der Waals surface area contributed by atoms with Crippen molar-refractivity contribution in [3.63, 3.8) is 0 Å². The van der Waals surface area contributed by atoms with Crippen LogP contribution in [0, 0.1) is 6.92 Å². The number of methoxy groups -OCH3 is 1. The number of aliphatic imine (C=N–C) groups is 2. The average Bonchev–Trinajstić information content (AvgIpc) is 3.63. The van der Waals surface area contributed by atoms with Crippen LogP contribution in [0.3, 0.4) is 0 Å². The van der Waals surface area contributed by atoms with Crippen LogP contribution in [0.2, 0.25) is 19.1 Å². The Bertz CT molecular complexity index is 1830. The number of unbranched alkanes of at least 4 members (excludes halogenated alkanes) is 1. The SMILES string of the molecule is COc1cc2c(cc1OCCCOc1cc3c(cc1C)C(=O)N1C=C(C)C[C@H]1C=N3)N=C[C@@H]1CC(CCC(=O)CCCC[Si](C)(C)O)=CN1C2=O. The molecule has 2 amide bonds. The Morgan fingerprint density at radius 1 is 0.824 bits per heavy atom. The Morgan fingerprint density at radius 3 is 2.14 bits per heavy atom. The second kappa shape index (κ2) is 15.4. The fourth-order valence-corrected chi connectivity index (χ4v) is 8.02. The summed E-state index contributed by atoms with van der Waals surface area (Å²) < 4.78 is 17.8. The van der Waals surface area contributed by atoms with E-state index in [-0.39, 0.29) is 29.7 Å². The first-order valence-electron chi connectivity index (χ1n) is 17.9. The molecule has 270 valence electrons. The normalized spacial score (nSPS) is 19.1. The number of benzene rings is 2. The van der Waals surface area contributed by atoms with Gasteiger partial charge in [-0.3, -0.25) is 24.4 Å². The molecule has 6 rings (SSSR count). The van der Waals surface area contributed by atoms with E-state index in [1.54, 1.807) is 35.3 Å². The molecule has 2 aromatic carbocycles. The lowest BCUT2D eigenvalue weighted by atomic mass is 10.0. The molecule has 0 aromatic heterocycles.